The molecule has 0 saturated heterocycles. The largest absolute Gasteiger partial charge is 0.294 e. The van der Waals surface area contributed by atoms with Gasteiger partial charge in [-0.1, -0.05) is 65.1 Å². The predicted molar refractivity (Wildman–Crippen MR) is 91.8 cm³/mol. The standard InChI is InChI=1S/C20H26O2/c1-7-17(21)19(3,4)13-15-9-11-16(12-10-15)14-20(5,6)18(22)8-2/h7-12H,1-2,13-14H2,3-6H3. The van der Waals surface area contributed by atoms with E-state index in [0.717, 1.165) is 11.1 Å². The number of benzene rings is 1. The zero-order valence-electron chi connectivity index (χ0n) is 14.1. The summed E-state index contributed by atoms with van der Waals surface area (Å²) in [5.74, 6) is 0.101. The summed E-state index contributed by atoms with van der Waals surface area (Å²) in [5.41, 5.74) is 1.33. The van der Waals surface area contributed by atoms with Gasteiger partial charge < -0.3 is 0 Å². The van der Waals surface area contributed by atoms with Crippen molar-refractivity contribution in [2.75, 3.05) is 0 Å². The molecule has 1 aromatic rings. The Kier molecular flexibility index (Phi) is 5.65. The molecule has 118 valence electrons. The minimum Gasteiger partial charge on any atom is -0.294 e. The van der Waals surface area contributed by atoms with Crippen LogP contribution in [0.15, 0.2) is 49.6 Å². The van der Waals surface area contributed by atoms with Crippen molar-refractivity contribution in [1.82, 2.24) is 0 Å². The highest BCUT2D eigenvalue weighted by molar-refractivity contribution is 5.94. The number of hydrogen-bond acceptors (Lipinski definition) is 2. The summed E-state index contributed by atoms with van der Waals surface area (Å²) >= 11 is 0. The third kappa shape index (κ3) is 4.52. The van der Waals surface area contributed by atoms with Crippen molar-refractivity contribution in [2.45, 2.75) is 40.5 Å². The maximum Gasteiger partial charge on any atom is 0.161 e. The molecule has 0 bridgehead atoms. The predicted octanol–water partition coefficient (Wildman–Crippen LogP) is 4.33. The quantitative estimate of drug-likeness (QED) is 0.669. The Balaban J connectivity index is 2.84. The van der Waals surface area contributed by atoms with Crippen LogP contribution in [0.4, 0.5) is 0 Å². The number of hydrogen-bond donors (Lipinski definition) is 0. The van der Waals surface area contributed by atoms with Crippen molar-refractivity contribution in [3.05, 3.63) is 60.7 Å². The minimum absolute atomic E-state index is 0.0503. The van der Waals surface area contributed by atoms with Gasteiger partial charge >= 0.3 is 0 Å². The van der Waals surface area contributed by atoms with E-state index in [0.29, 0.717) is 12.8 Å². The van der Waals surface area contributed by atoms with Gasteiger partial charge in [-0.25, -0.2) is 0 Å². The highest BCUT2D eigenvalue weighted by Crippen LogP contribution is 2.26. The van der Waals surface area contributed by atoms with Gasteiger partial charge in [0.25, 0.3) is 0 Å². The maximum atomic E-state index is 11.8. The third-order valence-electron chi connectivity index (χ3n) is 4.02. The molecule has 22 heavy (non-hydrogen) atoms. The molecule has 0 aliphatic heterocycles. The second-order valence-electron chi connectivity index (χ2n) is 7.07. The molecule has 2 nitrogen and oxygen atoms in total. The van der Waals surface area contributed by atoms with Crippen LogP contribution >= 0.6 is 0 Å². The molecule has 0 heterocycles. The SMILES string of the molecule is C=CC(=O)C(C)(C)Cc1ccc(CC(C)(C)C(=O)C=C)cc1. The summed E-state index contributed by atoms with van der Waals surface area (Å²) in [4.78, 5) is 23.7. The fourth-order valence-corrected chi connectivity index (χ4v) is 2.52. The second-order valence-corrected chi connectivity index (χ2v) is 7.07. The van der Waals surface area contributed by atoms with E-state index >= 15 is 0 Å². The Bertz CT molecular complexity index is 521. The molecule has 0 radical (unpaired) electrons. The van der Waals surface area contributed by atoms with Gasteiger partial charge in [0.15, 0.2) is 11.6 Å². The monoisotopic (exact) mass is 298 g/mol. The number of allylic oxidation sites excluding steroid dienone is 2. The van der Waals surface area contributed by atoms with Crippen LogP contribution in [0.25, 0.3) is 0 Å². The highest BCUT2D eigenvalue weighted by Gasteiger charge is 2.26. The molecule has 0 aliphatic rings. The van der Waals surface area contributed by atoms with Crippen LogP contribution in [-0.2, 0) is 22.4 Å². The van der Waals surface area contributed by atoms with Crippen LogP contribution in [0.1, 0.15) is 38.8 Å². The Morgan fingerprint density at radius 2 is 1.09 bits per heavy atom. The molecular formula is C20H26O2. The van der Waals surface area contributed by atoms with E-state index in [9.17, 15) is 9.59 Å². The molecule has 2 heteroatoms. The fourth-order valence-electron chi connectivity index (χ4n) is 2.52. The number of rotatable bonds is 8. The van der Waals surface area contributed by atoms with Gasteiger partial charge in [-0.15, -0.1) is 0 Å². The van der Waals surface area contributed by atoms with Crippen LogP contribution < -0.4 is 0 Å². The Labute approximate surface area is 133 Å². The van der Waals surface area contributed by atoms with E-state index in [4.69, 9.17) is 0 Å². The zero-order valence-corrected chi connectivity index (χ0v) is 14.1. The summed E-state index contributed by atoms with van der Waals surface area (Å²) in [6.45, 7) is 14.8. The Morgan fingerprint density at radius 3 is 1.32 bits per heavy atom. The Hall–Kier alpha value is -1.96. The molecular weight excluding hydrogens is 272 g/mol. The van der Waals surface area contributed by atoms with Gasteiger partial charge in [-0.05, 0) is 36.1 Å². The van der Waals surface area contributed by atoms with Crippen molar-refractivity contribution >= 4 is 11.6 Å². The number of carbonyl (C=O) groups excluding carboxylic acids is 2. The number of ketones is 2. The summed E-state index contributed by atoms with van der Waals surface area (Å²) in [6.07, 6.45) is 4.12. The molecule has 0 N–H and O–H groups in total. The molecule has 0 fully saturated rings. The first-order chi connectivity index (χ1) is 10.1. The van der Waals surface area contributed by atoms with Crippen LogP contribution in [0.2, 0.25) is 0 Å². The van der Waals surface area contributed by atoms with Crippen LogP contribution in [0.3, 0.4) is 0 Å². The normalized spacial score (nSPS) is 11.8. The molecule has 0 saturated carbocycles. The molecule has 0 aromatic heterocycles. The first kappa shape index (κ1) is 18.1. The Morgan fingerprint density at radius 1 is 0.818 bits per heavy atom. The van der Waals surface area contributed by atoms with Crippen molar-refractivity contribution in [2.24, 2.45) is 10.8 Å². The van der Waals surface area contributed by atoms with Crippen molar-refractivity contribution < 1.29 is 9.59 Å². The smallest absolute Gasteiger partial charge is 0.161 e. The van der Waals surface area contributed by atoms with E-state index < -0.39 is 10.8 Å². The summed E-state index contributed by atoms with van der Waals surface area (Å²) in [5, 5.41) is 0. The molecule has 0 spiro atoms. The van der Waals surface area contributed by atoms with E-state index in [-0.39, 0.29) is 11.6 Å². The molecule has 0 aliphatic carbocycles. The van der Waals surface area contributed by atoms with E-state index in [1.54, 1.807) is 0 Å². The summed E-state index contributed by atoms with van der Waals surface area (Å²) < 4.78 is 0. The lowest BCUT2D eigenvalue weighted by Crippen LogP contribution is -2.25. The van der Waals surface area contributed by atoms with Gasteiger partial charge in [0.2, 0.25) is 0 Å². The third-order valence-corrected chi connectivity index (χ3v) is 4.02. The molecule has 1 aromatic carbocycles. The first-order valence-electron chi connectivity index (χ1n) is 7.54. The van der Waals surface area contributed by atoms with Gasteiger partial charge in [0.1, 0.15) is 0 Å². The van der Waals surface area contributed by atoms with Crippen LogP contribution in [-0.4, -0.2) is 11.6 Å². The van der Waals surface area contributed by atoms with Crippen molar-refractivity contribution in [3.63, 3.8) is 0 Å². The van der Waals surface area contributed by atoms with Crippen molar-refractivity contribution in [1.29, 1.82) is 0 Å². The van der Waals surface area contributed by atoms with Gasteiger partial charge in [0.05, 0.1) is 0 Å². The maximum absolute atomic E-state index is 11.8. The van der Waals surface area contributed by atoms with Crippen LogP contribution in [0, 0.1) is 10.8 Å². The molecule has 0 unspecified atom stereocenters. The topological polar surface area (TPSA) is 34.1 Å². The van der Waals surface area contributed by atoms with E-state index in [1.165, 1.54) is 12.2 Å². The minimum atomic E-state index is -0.443. The number of carbonyl (C=O) groups is 2. The lowest BCUT2D eigenvalue weighted by molar-refractivity contribution is -0.122. The van der Waals surface area contributed by atoms with Gasteiger partial charge in [0, 0.05) is 10.8 Å². The van der Waals surface area contributed by atoms with Gasteiger partial charge in [-0.2, -0.15) is 0 Å². The van der Waals surface area contributed by atoms with E-state index in [1.807, 2.05) is 52.0 Å². The van der Waals surface area contributed by atoms with Gasteiger partial charge in [-0.3, -0.25) is 9.59 Å². The average molecular weight is 298 g/mol. The highest BCUT2D eigenvalue weighted by atomic mass is 16.1. The van der Waals surface area contributed by atoms with Crippen LogP contribution in [0.5, 0.6) is 0 Å². The van der Waals surface area contributed by atoms with Crippen molar-refractivity contribution in [3.8, 4) is 0 Å². The fraction of sp³-hybridized carbons (Fsp3) is 0.400. The molecule has 1 rings (SSSR count). The summed E-state index contributed by atoms with van der Waals surface area (Å²) in [6, 6.07) is 8.12. The average Bonchev–Trinajstić information content (AvgIpc) is 2.46. The second kappa shape index (κ2) is 6.87. The first-order valence-corrected chi connectivity index (χ1v) is 7.54. The molecule has 0 atom stereocenters. The lowest BCUT2D eigenvalue weighted by Gasteiger charge is -2.23. The molecule has 0 amide bonds. The summed E-state index contributed by atoms with van der Waals surface area (Å²) in [7, 11) is 0. The lowest BCUT2D eigenvalue weighted by atomic mass is 9.80. The van der Waals surface area contributed by atoms with E-state index in [2.05, 4.69) is 13.2 Å². The zero-order chi connectivity index (χ0) is 17.0.